The monoisotopic (exact) mass is 586 g/mol. The van der Waals surface area contributed by atoms with E-state index in [4.69, 9.17) is 9.94 Å². The third-order valence-corrected chi connectivity index (χ3v) is 7.96. The fourth-order valence-corrected chi connectivity index (χ4v) is 5.72. The number of amides is 2. The first-order valence-corrected chi connectivity index (χ1v) is 14.7. The van der Waals surface area contributed by atoms with Crippen molar-refractivity contribution in [1.29, 1.82) is 0 Å². The number of hydrogen-bond acceptors (Lipinski definition) is 5. The topological polar surface area (TPSA) is 107 Å². The molecule has 2 heterocycles. The molecule has 0 atom stereocenters. The van der Waals surface area contributed by atoms with E-state index >= 15 is 0 Å². The number of H-pyrrole nitrogens is 1. The van der Waals surface area contributed by atoms with Crippen LogP contribution in [0.5, 0.6) is 11.5 Å². The molecule has 0 spiro atoms. The molecule has 0 bridgehead atoms. The number of ether oxygens (including phenoxy) is 1. The molecule has 0 saturated heterocycles. The lowest BCUT2D eigenvalue weighted by molar-refractivity contribution is -0.124. The van der Waals surface area contributed by atoms with E-state index in [0.717, 1.165) is 40.7 Å². The van der Waals surface area contributed by atoms with Crippen LogP contribution in [-0.2, 0) is 22.6 Å². The number of carbonyl (C=O) groups is 2. The second-order valence-electron chi connectivity index (χ2n) is 10.8. The van der Waals surface area contributed by atoms with Gasteiger partial charge < -0.3 is 15.0 Å². The normalized spacial score (nSPS) is 12.6. The fourth-order valence-electron chi connectivity index (χ4n) is 5.72. The minimum atomic E-state index is -0.577. The van der Waals surface area contributed by atoms with Crippen LogP contribution in [0.4, 0.5) is 0 Å². The van der Waals surface area contributed by atoms with Gasteiger partial charge in [0.05, 0.1) is 5.92 Å². The van der Waals surface area contributed by atoms with Crippen molar-refractivity contribution in [3.05, 3.63) is 137 Å². The summed E-state index contributed by atoms with van der Waals surface area (Å²) in [6.07, 6.45) is 5.86. The molecule has 4 aromatic carbocycles. The van der Waals surface area contributed by atoms with Crippen LogP contribution in [0.3, 0.4) is 0 Å². The maximum atomic E-state index is 13.7. The van der Waals surface area contributed by atoms with Gasteiger partial charge in [0.25, 0.3) is 5.91 Å². The first-order chi connectivity index (χ1) is 21.6. The zero-order valence-electron chi connectivity index (χ0n) is 24.2. The van der Waals surface area contributed by atoms with Crippen molar-refractivity contribution in [2.75, 3.05) is 19.6 Å². The van der Waals surface area contributed by atoms with Crippen LogP contribution in [-0.4, -0.2) is 46.5 Å². The van der Waals surface area contributed by atoms with Gasteiger partial charge in [0.15, 0.2) is 0 Å². The van der Waals surface area contributed by atoms with Gasteiger partial charge in [0.2, 0.25) is 5.91 Å². The number of hydroxylamine groups is 1. The summed E-state index contributed by atoms with van der Waals surface area (Å²) in [5, 5.41) is 13.1. The second-order valence-corrected chi connectivity index (χ2v) is 10.8. The molecule has 5 aromatic rings. The summed E-state index contributed by atoms with van der Waals surface area (Å²) in [5.74, 6) is 0.355. The van der Waals surface area contributed by atoms with E-state index in [1.165, 1.54) is 17.0 Å². The first kappa shape index (κ1) is 28.9. The van der Waals surface area contributed by atoms with Crippen LogP contribution in [0.1, 0.15) is 33.7 Å². The van der Waals surface area contributed by atoms with Gasteiger partial charge in [-0.3, -0.25) is 19.7 Å². The predicted molar refractivity (Wildman–Crippen MR) is 170 cm³/mol. The Morgan fingerprint density at radius 2 is 1.55 bits per heavy atom. The molecule has 1 aromatic heterocycles. The average Bonchev–Trinajstić information content (AvgIpc) is 3.48. The lowest BCUT2D eigenvalue weighted by Crippen LogP contribution is -2.38. The van der Waals surface area contributed by atoms with Crippen LogP contribution >= 0.6 is 0 Å². The maximum absolute atomic E-state index is 13.7. The van der Waals surface area contributed by atoms with Gasteiger partial charge in [-0.25, -0.2) is 5.48 Å². The molecule has 222 valence electrons. The number of carbonyl (C=O) groups excluding carboxylic acids is 2. The zero-order valence-corrected chi connectivity index (χ0v) is 24.2. The van der Waals surface area contributed by atoms with Crippen molar-refractivity contribution in [2.24, 2.45) is 0 Å². The predicted octanol–water partition coefficient (Wildman–Crippen LogP) is 5.79. The van der Waals surface area contributed by atoms with Crippen molar-refractivity contribution in [1.82, 2.24) is 20.7 Å². The van der Waals surface area contributed by atoms with Crippen molar-refractivity contribution in [3.8, 4) is 11.5 Å². The van der Waals surface area contributed by atoms with Gasteiger partial charge in [0, 0.05) is 60.5 Å². The number of benzene rings is 4. The van der Waals surface area contributed by atoms with Crippen molar-refractivity contribution in [2.45, 2.75) is 18.9 Å². The Kier molecular flexibility index (Phi) is 8.82. The molecule has 1 aliphatic heterocycles. The second kappa shape index (κ2) is 13.4. The molecule has 8 nitrogen and oxygen atoms in total. The van der Waals surface area contributed by atoms with E-state index in [9.17, 15) is 9.59 Å². The molecule has 0 radical (unpaired) electrons. The van der Waals surface area contributed by atoms with Crippen LogP contribution in [0.25, 0.3) is 17.0 Å². The molecule has 6 rings (SSSR count). The molecule has 4 N–H and O–H groups in total. The van der Waals surface area contributed by atoms with Gasteiger partial charge in [0.1, 0.15) is 11.5 Å². The number of para-hydroxylation sites is 3. The standard InChI is InChI=1S/C36H34N4O4/c41-34(39-43)18-17-25-13-15-26(16-14-25)24-40(21-19-27-23-38-31-10-4-1-7-28(27)31)22-20-37-36(42)35-29-8-2-5-11-32(29)44-33-12-6-3-9-30(33)35/h1-18,23,35,38,43H,19-22,24H2,(H,37,42)(H,39,41)/b18-17+. The Morgan fingerprint density at radius 3 is 2.27 bits per heavy atom. The number of rotatable bonds is 11. The van der Waals surface area contributed by atoms with E-state index in [1.54, 1.807) is 11.6 Å². The Hall–Kier alpha value is -5.18. The molecule has 1 aliphatic rings. The van der Waals surface area contributed by atoms with Crippen LogP contribution in [0, 0.1) is 0 Å². The molecular formula is C36H34N4O4. The third-order valence-electron chi connectivity index (χ3n) is 7.96. The molecule has 2 amide bonds. The summed E-state index contributed by atoms with van der Waals surface area (Å²) < 4.78 is 6.08. The highest BCUT2D eigenvalue weighted by atomic mass is 16.5. The highest BCUT2D eigenvalue weighted by Gasteiger charge is 2.32. The Bertz CT molecular complexity index is 1750. The summed E-state index contributed by atoms with van der Waals surface area (Å²) in [6.45, 7) is 2.66. The Morgan fingerprint density at radius 1 is 0.864 bits per heavy atom. The lowest BCUT2D eigenvalue weighted by atomic mass is 9.87. The number of aromatic amines is 1. The summed E-state index contributed by atoms with van der Waals surface area (Å²) in [4.78, 5) is 30.7. The average molecular weight is 587 g/mol. The van der Waals surface area contributed by atoms with E-state index in [-0.39, 0.29) is 5.91 Å². The lowest BCUT2D eigenvalue weighted by Gasteiger charge is -2.28. The highest BCUT2D eigenvalue weighted by Crippen LogP contribution is 2.43. The van der Waals surface area contributed by atoms with Crippen LogP contribution < -0.4 is 15.5 Å². The molecule has 0 saturated carbocycles. The smallest absolute Gasteiger partial charge is 0.267 e. The van der Waals surface area contributed by atoms with Gasteiger partial charge >= 0.3 is 0 Å². The minimum absolute atomic E-state index is 0.0483. The summed E-state index contributed by atoms with van der Waals surface area (Å²) >= 11 is 0. The van der Waals surface area contributed by atoms with E-state index < -0.39 is 11.8 Å². The van der Waals surface area contributed by atoms with Crippen molar-refractivity contribution in [3.63, 3.8) is 0 Å². The summed E-state index contributed by atoms with van der Waals surface area (Å²) in [7, 11) is 0. The quantitative estimate of drug-likeness (QED) is 0.0891. The molecular weight excluding hydrogens is 552 g/mol. The third kappa shape index (κ3) is 6.57. The number of hydrogen-bond donors (Lipinski definition) is 4. The van der Waals surface area contributed by atoms with Gasteiger partial charge in [-0.15, -0.1) is 0 Å². The molecule has 0 aliphatic carbocycles. The fraction of sp³-hybridized carbons (Fsp3) is 0.167. The maximum Gasteiger partial charge on any atom is 0.267 e. The number of nitrogens with one attached hydrogen (secondary N) is 3. The summed E-state index contributed by atoms with van der Waals surface area (Å²) in [6, 6.07) is 31.7. The highest BCUT2D eigenvalue weighted by molar-refractivity contribution is 5.91. The Labute approximate surface area is 255 Å². The van der Waals surface area contributed by atoms with Gasteiger partial charge in [-0.05, 0) is 47.4 Å². The molecule has 8 heteroatoms. The van der Waals surface area contributed by atoms with E-state index in [2.05, 4.69) is 39.6 Å². The minimum Gasteiger partial charge on any atom is -0.457 e. The Balaban J connectivity index is 1.15. The van der Waals surface area contributed by atoms with Gasteiger partial charge in [-0.2, -0.15) is 0 Å². The van der Waals surface area contributed by atoms with Crippen LogP contribution in [0.2, 0.25) is 0 Å². The number of fused-ring (bicyclic) bond motifs is 3. The molecule has 0 fully saturated rings. The van der Waals surface area contributed by atoms with Gasteiger partial charge in [-0.1, -0.05) is 78.9 Å². The molecule has 44 heavy (non-hydrogen) atoms. The van der Waals surface area contributed by atoms with Crippen LogP contribution in [0.15, 0.2) is 109 Å². The summed E-state index contributed by atoms with van der Waals surface area (Å²) in [5.41, 5.74) is 7.68. The zero-order chi connectivity index (χ0) is 30.3. The van der Waals surface area contributed by atoms with E-state index in [1.807, 2.05) is 78.9 Å². The molecule has 0 unspecified atom stereocenters. The first-order valence-electron chi connectivity index (χ1n) is 14.7. The van der Waals surface area contributed by atoms with Crippen molar-refractivity contribution >= 4 is 28.8 Å². The van der Waals surface area contributed by atoms with E-state index in [0.29, 0.717) is 31.1 Å². The number of nitrogens with zero attached hydrogens (tertiary/aromatic N) is 1. The largest absolute Gasteiger partial charge is 0.457 e. The van der Waals surface area contributed by atoms with Crippen molar-refractivity contribution < 1.29 is 19.5 Å². The number of aromatic nitrogens is 1. The SMILES string of the molecule is O=C(/C=C/c1ccc(CN(CCNC(=O)C2c3ccccc3Oc3ccccc32)CCc2c[nH]c3ccccc23)cc1)NO.